The van der Waals surface area contributed by atoms with Gasteiger partial charge in [-0.25, -0.2) is 0 Å². The van der Waals surface area contributed by atoms with Gasteiger partial charge in [0.1, 0.15) is 6.10 Å². The van der Waals surface area contributed by atoms with Crippen molar-refractivity contribution in [2.24, 2.45) is 28.4 Å². The molecule has 0 aromatic rings. The van der Waals surface area contributed by atoms with E-state index in [2.05, 4.69) is 39.9 Å². The van der Waals surface area contributed by atoms with Crippen molar-refractivity contribution >= 4 is 5.97 Å². The third kappa shape index (κ3) is 2.92. The molecule has 4 nitrogen and oxygen atoms in total. The van der Waals surface area contributed by atoms with Crippen molar-refractivity contribution in [3.63, 3.8) is 0 Å². The minimum Gasteiger partial charge on any atom is -0.462 e. The van der Waals surface area contributed by atoms with Crippen LogP contribution in [0.15, 0.2) is 0 Å². The molecule has 2 aliphatic rings. The van der Waals surface area contributed by atoms with Crippen molar-refractivity contribution in [1.29, 1.82) is 0 Å². The first kappa shape index (κ1) is 17.7. The van der Waals surface area contributed by atoms with Crippen molar-refractivity contribution in [2.45, 2.75) is 72.4 Å². The predicted octanol–water partition coefficient (Wildman–Crippen LogP) is 2.71. The molecule has 2 fully saturated rings. The van der Waals surface area contributed by atoms with E-state index in [0.717, 1.165) is 31.1 Å². The van der Waals surface area contributed by atoms with Crippen LogP contribution < -0.4 is 11.1 Å². The number of esters is 1. The van der Waals surface area contributed by atoms with Gasteiger partial charge in [0.05, 0.1) is 6.42 Å². The molecule has 2 saturated carbocycles. The van der Waals surface area contributed by atoms with Crippen LogP contribution in [0.2, 0.25) is 0 Å². The summed E-state index contributed by atoms with van der Waals surface area (Å²) in [4.78, 5) is 12.1. The summed E-state index contributed by atoms with van der Waals surface area (Å²) in [6, 6.07) is 0.410. The Labute approximate surface area is 135 Å². The number of hydrogen-bond acceptors (Lipinski definition) is 4. The van der Waals surface area contributed by atoms with E-state index in [0.29, 0.717) is 31.0 Å². The Balaban J connectivity index is 1.75. The van der Waals surface area contributed by atoms with E-state index >= 15 is 0 Å². The fourth-order valence-electron chi connectivity index (χ4n) is 4.66. The first-order valence-corrected chi connectivity index (χ1v) is 8.91. The number of rotatable bonds is 8. The molecular formula is C18H34N2O2. The zero-order valence-electron chi connectivity index (χ0n) is 14.9. The van der Waals surface area contributed by atoms with Crippen LogP contribution >= 0.6 is 0 Å². The minimum absolute atomic E-state index is 0.0641. The maximum atomic E-state index is 12.1. The standard InChI is InChI=1S/C18H34N2O2/c1-6-13(7-9-19)20-10-8-16(21)22-15-11-14-12(2)18(14,5)17(15,3)4/h12-15,20H,6-11,19H2,1-5H3. The van der Waals surface area contributed by atoms with Gasteiger partial charge in [0.25, 0.3) is 0 Å². The van der Waals surface area contributed by atoms with Gasteiger partial charge in [-0.3, -0.25) is 4.79 Å². The molecule has 0 aromatic carbocycles. The molecule has 22 heavy (non-hydrogen) atoms. The van der Waals surface area contributed by atoms with Crippen LogP contribution in [0.1, 0.15) is 60.3 Å². The Morgan fingerprint density at radius 2 is 2.09 bits per heavy atom. The molecule has 2 rings (SSSR count). The lowest BCUT2D eigenvalue weighted by atomic mass is 9.74. The number of ether oxygens (including phenoxy) is 1. The summed E-state index contributed by atoms with van der Waals surface area (Å²) in [6.07, 6.45) is 3.57. The van der Waals surface area contributed by atoms with E-state index in [4.69, 9.17) is 10.5 Å². The quantitative estimate of drug-likeness (QED) is 0.677. The molecule has 0 aliphatic heterocycles. The molecule has 4 heteroatoms. The zero-order valence-corrected chi connectivity index (χ0v) is 14.9. The summed E-state index contributed by atoms with van der Waals surface area (Å²) in [7, 11) is 0. The van der Waals surface area contributed by atoms with Gasteiger partial charge in [-0.05, 0) is 43.1 Å². The maximum absolute atomic E-state index is 12.1. The maximum Gasteiger partial charge on any atom is 0.307 e. The van der Waals surface area contributed by atoms with Crippen LogP contribution in [0, 0.1) is 22.7 Å². The topological polar surface area (TPSA) is 64.3 Å². The van der Waals surface area contributed by atoms with Gasteiger partial charge < -0.3 is 15.8 Å². The summed E-state index contributed by atoms with van der Waals surface area (Å²) in [6.45, 7) is 12.7. The first-order chi connectivity index (χ1) is 10.3. The minimum atomic E-state index is -0.0641. The van der Waals surface area contributed by atoms with E-state index in [1.54, 1.807) is 0 Å². The molecule has 2 aliphatic carbocycles. The molecule has 128 valence electrons. The number of hydrogen-bond donors (Lipinski definition) is 2. The highest BCUT2D eigenvalue weighted by molar-refractivity contribution is 5.70. The van der Waals surface area contributed by atoms with Crippen LogP contribution in [-0.4, -0.2) is 31.2 Å². The van der Waals surface area contributed by atoms with Gasteiger partial charge in [-0.2, -0.15) is 0 Å². The molecule has 0 spiro atoms. The summed E-state index contributed by atoms with van der Waals surface area (Å²) in [5, 5.41) is 3.40. The lowest BCUT2D eigenvalue weighted by Gasteiger charge is -2.36. The van der Waals surface area contributed by atoms with Gasteiger partial charge in [-0.1, -0.05) is 34.6 Å². The highest BCUT2D eigenvalue weighted by Gasteiger charge is 2.73. The summed E-state index contributed by atoms with van der Waals surface area (Å²) in [5.41, 5.74) is 6.03. The number of fused-ring (bicyclic) bond motifs is 1. The van der Waals surface area contributed by atoms with Crippen LogP contribution in [0.4, 0.5) is 0 Å². The average Bonchev–Trinajstić information content (AvgIpc) is 2.92. The van der Waals surface area contributed by atoms with E-state index < -0.39 is 0 Å². The molecule has 0 radical (unpaired) electrons. The van der Waals surface area contributed by atoms with Crippen molar-refractivity contribution in [2.75, 3.05) is 13.1 Å². The highest BCUT2D eigenvalue weighted by atomic mass is 16.5. The van der Waals surface area contributed by atoms with Gasteiger partial charge in [0.2, 0.25) is 0 Å². The largest absolute Gasteiger partial charge is 0.462 e. The fourth-order valence-corrected chi connectivity index (χ4v) is 4.66. The van der Waals surface area contributed by atoms with Crippen LogP contribution in [0.5, 0.6) is 0 Å². The highest BCUT2D eigenvalue weighted by Crippen LogP contribution is 2.75. The number of carbonyl (C=O) groups excluding carboxylic acids is 1. The molecule has 3 N–H and O–H groups in total. The van der Waals surface area contributed by atoms with Crippen molar-refractivity contribution in [3.05, 3.63) is 0 Å². The second-order valence-corrected chi connectivity index (χ2v) is 8.00. The Kier molecular flexibility index (Phi) is 5.23. The average molecular weight is 310 g/mol. The second kappa shape index (κ2) is 6.48. The second-order valence-electron chi connectivity index (χ2n) is 8.00. The monoisotopic (exact) mass is 310 g/mol. The van der Waals surface area contributed by atoms with Crippen LogP contribution in [0.25, 0.3) is 0 Å². The molecule has 0 saturated heterocycles. The molecule has 5 atom stereocenters. The predicted molar refractivity (Wildman–Crippen MR) is 89.4 cm³/mol. The van der Waals surface area contributed by atoms with Gasteiger partial charge in [0, 0.05) is 18.0 Å². The zero-order chi connectivity index (χ0) is 16.5. The lowest BCUT2D eigenvalue weighted by Crippen LogP contribution is -2.38. The summed E-state index contributed by atoms with van der Waals surface area (Å²) >= 11 is 0. The summed E-state index contributed by atoms with van der Waals surface area (Å²) < 4.78 is 5.81. The van der Waals surface area contributed by atoms with E-state index in [9.17, 15) is 4.79 Å². The Morgan fingerprint density at radius 3 is 2.59 bits per heavy atom. The van der Waals surface area contributed by atoms with Crippen molar-refractivity contribution in [3.8, 4) is 0 Å². The Morgan fingerprint density at radius 1 is 1.41 bits per heavy atom. The molecule has 0 aromatic heterocycles. The normalized spacial score (nSPS) is 36.7. The smallest absolute Gasteiger partial charge is 0.307 e. The Bertz CT molecular complexity index is 410. The van der Waals surface area contributed by atoms with E-state index in [-0.39, 0.29) is 17.5 Å². The third-order valence-corrected chi connectivity index (χ3v) is 6.92. The molecule has 0 bridgehead atoms. The van der Waals surface area contributed by atoms with E-state index in [1.807, 2.05) is 0 Å². The summed E-state index contributed by atoms with van der Waals surface area (Å²) in [5.74, 6) is 1.43. The molecular weight excluding hydrogens is 276 g/mol. The fraction of sp³-hybridized carbons (Fsp3) is 0.944. The van der Waals surface area contributed by atoms with Crippen molar-refractivity contribution in [1.82, 2.24) is 5.32 Å². The Hall–Kier alpha value is -0.610. The van der Waals surface area contributed by atoms with Crippen LogP contribution in [-0.2, 0) is 9.53 Å². The molecule has 0 heterocycles. The van der Waals surface area contributed by atoms with E-state index in [1.165, 1.54) is 0 Å². The number of nitrogens with one attached hydrogen (secondary N) is 1. The third-order valence-electron chi connectivity index (χ3n) is 6.92. The molecule has 5 unspecified atom stereocenters. The molecule has 0 amide bonds. The van der Waals surface area contributed by atoms with Gasteiger partial charge in [-0.15, -0.1) is 0 Å². The van der Waals surface area contributed by atoms with Crippen LogP contribution in [0.3, 0.4) is 0 Å². The lowest BCUT2D eigenvalue weighted by molar-refractivity contribution is -0.156. The number of nitrogens with two attached hydrogens (primary N) is 1. The number of carbonyl (C=O) groups is 1. The van der Waals surface area contributed by atoms with Crippen molar-refractivity contribution < 1.29 is 9.53 Å². The SMILES string of the molecule is CCC(CCN)NCCC(=O)OC1CC2C(C)C2(C)C1(C)C. The van der Waals surface area contributed by atoms with Gasteiger partial charge in [0.15, 0.2) is 0 Å². The van der Waals surface area contributed by atoms with Gasteiger partial charge >= 0.3 is 5.97 Å². The first-order valence-electron chi connectivity index (χ1n) is 8.91.